The van der Waals surface area contributed by atoms with Gasteiger partial charge in [0.1, 0.15) is 0 Å². The zero-order valence-corrected chi connectivity index (χ0v) is 23.6. The maximum atomic E-state index is 6.68. The molecule has 0 amide bonds. The molecule has 3 nitrogen and oxygen atoms in total. The predicted octanol–water partition coefficient (Wildman–Crippen LogP) is 9.95. The highest BCUT2D eigenvalue weighted by Gasteiger charge is 2.18. The van der Waals surface area contributed by atoms with E-state index in [1.54, 1.807) is 0 Å². The van der Waals surface area contributed by atoms with E-state index in [0.29, 0.717) is 0 Å². The van der Waals surface area contributed by atoms with Crippen molar-refractivity contribution in [3.8, 4) is 5.69 Å². The maximum Gasteiger partial charge on any atom is 0.0719 e. The molecular formula is C38H27N3S. The van der Waals surface area contributed by atoms with Gasteiger partial charge in [-0.1, -0.05) is 109 Å². The smallest absolute Gasteiger partial charge is 0.0719 e. The van der Waals surface area contributed by atoms with Crippen LogP contribution in [0.3, 0.4) is 0 Å². The largest absolute Gasteiger partial charge is 0.320 e. The third-order valence-electron chi connectivity index (χ3n) is 8.09. The summed E-state index contributed by atoms with van der Waals surface area (Å²) in [5.74, 6) is 0. The van der Waals surface area contributed by atoms with Crippen LogP contribution in [0.1, 0.15) is 22.7 Å². The molecule has 0 saturated heterocycles. The number of aliphatic imine (C=N–C) groups is 1. The van der Waals surface area contributed by atoms with Crippen LogP contribution >= 0.6 is 11.3 Å². The Labute approximate surface area is 247 Å². The topological polar surface area (TPSA) is 43.3 Å². The van der Waals surface area contributed by atoms with Gasteiger partial charge in [-0.05, 0) is 47.0 Å². The fourth-order valence-electron chi connectivity index (χ4n) is 6.10. The average molecular weight is 558 g/mol. The zero-order valence-electron chi connectivity index (χ0n) is 22.8. The fourth-order valence-corrected chi connectivity index (χ4v) is 7.34. The molecule has 6 aromatic carbocycles. The van der Waals surface area contributed by atoms with Crippen molar-refractivity contribution in [2.45, 2.75) is 6.04 Å². The normalized spacial score (nSPS) is 12.7. The van der Waals surface area contributed by atoms with Crippen molar-refractivity contribution in [2.75, 3.05) is 0 Å². The first kappa shape index (κ1) is 24.7. The number of aromatic nitrogens is 1. The minimum Gasteiger partial charge on any atom is -0.320 e. The lowest BCUT2D eigenvalue weighted by Crippen LogP contribution is -2.11. The number of rotatable bonds is 5. The van der Waals surface area contributed by atoms with Gasteiger partial charge >= 0.3 is 0 Å². The number of nitrogens with zero attached hydrogens (tertiary/aromatic N) is 2. The second kappa shape index (κ2) is 10.1. The Morgan fingerprint density at radius 2 is 1.38 bits per heavy atom. The van der Waals surface area contributed by atoms with Crippen LogP contribution in [0.4, 0.5) is 5.69 Å². The summed E-state index contributed by atoms with van der Waals surface area (Å²) >= 11 is 1.87. The Kier molecular flexibility index (Phi) is 5.95. The molecule has 0 aliphatic carbocycles. The Balaban J connectivity index is 1.27. The number of thiophene rings is 1. The fraction of sp³-hybridized carbons (Fsp3) is 0.0263. The first-order valence-electron chi connectivity index (χ1n) is 14.1. The SMILES string of the molecule is NC(c1ccccc1)c1ccccc1N=Cc1cccc(-n2c3ccccc3c3ccc4c5ccccc5sc4c32)c1. The number of hydrogen-bond acceptors (Lipinski definition) is 3. The van der Waals surface area contributed by atoms with Gasteiger partial charge in [-0.2, -0.15) is 0 Å². The molecule has 1 atom stereocenters. The van der Waals surface area contributed by atoms with Gasteiger partial charge in [-0.25, -0.2) is 0 Å². The van der Waals surface area contributed by atoms with Crippen molar-refractivity contribution in [1.82, 2.24) is 4.57 Å². The number of fused-ring (bicyclic) bond motifs is 7. The highest BCUT2D eigenvalue weighted by Crippen LogP contribution is 2.42. The Morgan fingerprint density at radius 3 is 2.29 bits per heavy atom. The van der Waals surface area contributed by atoms with Crippen molar-refractivity contribution in [3.63, 3.8) is 0 Å². The molecule has 1 unspecified atom stereocenters. The zero-order chi connectivity index (χ0) is 28.0. The molecule has 0 spiro atoms. The van der Waals surface area contributed by atoms with Crippen LogP contribution in [-0.2, 0) is 0 Å². The molecular weight excluding hydrogens is 531 g/mol. The first-order chi connectivity index (χ1) is 20.8. The highest BCUT2D eigenvalue weighted by molar-refractivity contribution is 7.26. The molecule has 42 heavy (non-hydrogen) atoms. The van der Waals surface area contributed by atoms with E-state index in [-0.39, 0.29) is 6.04 Å². The summed E-state index contributed by atoms with van der Waals surface area (Å²) in [4.78, 5) is 4.94. The average Bonchev–Trinajstić information content (AvgIpc) is 3.60. The van der Waals surface area contributed by atoms with E-state index >= 15 is 0 Å². The van der Waals surface area contributed by atoms with Gasteiger partial charge in [0.05, 0.1) is 27.5 Å². The van der Waals surface area contributed by atoms with E-state index in [9.17, 15) is 0 Å². The second-order valence-corrected chi connectivity index (χ2v) is 11.6. The number of nitrogens with two attached hydrogens (primary N) is 1. The Hall–Kier alpha value is -5.03. The minimum absolute atomic E-state index is 0.243. The van der Waals surface area contributed by atoms with Gasteiger partial charge < -0.3 is 10.3 Å². The molecule has 0 saturated carbocycles. The predicted molar refractivity (Wildman–Crippen MR) is 180 cm³/mol. The van der Waals surface area contributed by atoms with Gasteiger partial charge in [-0.3, -0.25) is 4.99 Å². The summed E-state index contributed by atoms with van der Waals surface area (Å²) in [6.07, 6.45) is 1.95. The van der Waals surface area contributed by atoms with Crippen LogP contribution < -0.4 is 5.73 Å². The highest BCUT2D eigenvalue weighted by atomic mass is 32.1. The summed E-state index contributed by atoms with van der Waals surface area (Å²) < 4.78 is 5.04. The van der Waals surface area contributed by atoms with Crippen LogP contribution in [0, 0.1) is 0 Å². The van der Waals surface area contributed by atoms with Gasteiger partial charge in [0, 0.05) is 38.1 Å². The van der Waals surface area contributed by atoms with E-state index in [1.807, 2.05) is 53.9 Å². The van der Waals surface area contributed by atoms with Crippen molar-refractivity contribution >= 4 is 65.2 Å². The van der Waals surface area contributed by atoms with Crippen LogP contribution in [0.15, 0.2) is 145 Å². The first-order valence-corrected chi connectivity index (χ1v) is 15.0. The summed E-state index contributed by atoms with van der Waals surface area (Å²) in [6.45, 7) is 0. The van der Waals surface area contributed by atoms with Gasteiger partial charge in [0.15, 0.2) is 0 Å². The molecule has 2 aromatic heterocycles. The molecule has 0 aliphatic rings. The minimum atomic E-state index is -0.243. The molecule has 0 radical (unpaired) electrons. The molecule has 8 rings (SSSR count). The number of benzene rings is 6. The molecule has 0 bridgehead atoms. The lowest BCUT2D eigenvalue weighted by atomic mass is 9.98. The lowest BCUT2D eigenvalue weighted by molar-refractivity contribution is 0.872. The molecule has 2 N–H and O–H groups in total. The number of hydrogen-bond donors (Lipinski definition) is 1. The van der Waals surface area contributed by atoms with E-state index in [4.69, 9.17) is 10.7 Å². The van der Waals surface area contributed by atoms with Gasteiger partial charge in [0.2, 0.25) is 0 Å². The summed E-state index contributed by atoms with van der Waals surface area (Å²) in [6, 6.07) is 48.7. The van der Waals surface area contributed by atoms with Crippen molar-refractivity contribution in [3.05, 3.63) is 156 Å². The summed E-state index contributed by atoms with van der Waals surface area (Å²) in [7, 11) is 0. The number of para-hydroxylation sites is 2. The molecule has 0 fully saturated rings. The molecule has 4 heteroatoms. The Bertz CT molecular complexity index is 2270. The van der Waals surface area contributed by atoms with Crippen molar-refractivity contribution in [1.29, 1.82) is 0 Å². The van der Waals surface area contributed by atoms with Gasteiger partial charge in [0.25, 0.3) is 0 Å². The maximum absolute atomic E-state index is 6.68. The second-order valence-electron chi connectivity index (χ2n) is 10.6. The monoisotopic (exact) mass is 557 g/mol. The van der Waals surface area contributed by atoms with Crippen molar-refractivity contribution in [2.24, 2.45) is 10.7 Å². The van der Waals surface area contributed by atoms with E-state index in [1.165, 1.54) is 42.0 Å². The van der Waals surface area contributed by atoms with Gasteiger partial charge in [-0.15, -0.1) is 11.3 Å². The van der Waals surface area contributed by atoms with Crippen LogP contribution in [0.25, 0.3) is 47.7 Å². The lowest BCUT2D eigenvalue weighted by Gasteiger charge is -2.14. The Morgan fingerprint density at radius 1 is 0.643 bits per heavy atom. The van der Waals surface area contributed by atoms with E-state index in [2.05, 4.69) is 108 Å². The van der Waals surface area contributed by atoms with Crippen LogP contribution in [0.2, 0.25) is 0 Å². The standard InChI is InChI=1S/C38H27N3S/c39-36(26-12-2-1-3-13-26)32-17-4-7-18-33(32)40-24-25-11-10-14-27(23-25)41-34-19-8-5-15-28(34)30-21-22-31-29-16-6-9-20-35(29)42-38(31)37(30)41/h1-24,36H,39H2. The van der Waals surface area contributed by atoms with Crippen LogP contribution in [0.5, 0.6) is 0 Å². The third kappa shape index (κ3) is 4.04. The molecule has 8 aromatic rings. The summed E-state index contributed by atoms with van der Waals surface area (Å²) in [5.41, 5.74) is 14.2. The summed E-state index contributed by atoms with van der Waals surface area (Å²) in [5, 5.41) is 5.14. The molecule has 200 valence electrons. The third-order valence-corrected chi connectivity index (χ3v) is 9.28. The molecule has 2 heterocycles. The molecule has 0 aliphatic heterocycles. The van der Waals surface area contributed by atoms with Crippen molar-refractivity contribution < 1.29 is 0 Å². The van der Waals surface area contributed by atoms with E-state index < -0.39 is 0 Å². The van der Waals surface area contributed by atoms with Crippen LogP contribution in [-0.4, -0.2) is 10.8 Å². The van der Waals surface area contributed by atoms with E-state index in [0.717, 1.165) is 28.1 Å². The quantitative estimate of drug-likeness (QED) is 0.210.